The Kier molecular flexibility index (Phi) is 6.53. The molecule has 3 aromatic carbocycles. The van der Waals surface area contributed by atoms with Gasteiger partial charge in [0, 0.05) is 11.8 Å². The Balaban J connectivity index is 1.49. The molecule has 0 fully saturated rings. The molecule has 0 saturated heterocycles. The molecule has 14 heteroatoms. The van der Waals surface area contributed by atoms with Crippen LogP contribution in [0.25, 0.3) is 27.6 Å². The number of nitrogens with one attached hydrogen (secondary N) is 1. The minimum Gasteiger partial charge on any atom is -0.406 e. The van der Waals surface area contributed by atoms with E-state index >= 15 is 0 Å². The van der Waals surface area contributed by atoms with Crippen LogP contribution in [0.3, 0.4) is 0 Å². The summed E-state index contributed by atoms with van der Waals surface area (Å²) in [6.45, 7) is 3.75. The van der Waals surface area contributed by atoms with E-state index in [0.717, 1.165) is 44.6 Å². The summed E-state index contributed by atoms with van der Waals surface area (Å²) in [7, 11) is -4.40. The predicted molar refractivity (Wildman–Crippen MR) is 153 cm³/mol. The molecule has 3 aromatic heterocycles. The van der Waals surface area contributed by atoms with Gasteiger partial charge in [0.1, 0.15) is 23.1 Å². The van der Waals surface area contributed by atoms with Gasteiger partial charge < -0.3 is 15.5 Å². The van der Waals surface area contributed by atoms with Gasteiger partial charge in [-0.2, -0.15) is 5.10 Å². The van der Waals surface area contributed by atoms with Gasteiger partial charge in [0.25, 0.3) is 10.0 Å². The van der Waals surface area contributed by atoms with Gasteiger partial charge in [-0.05, 0) is 61.5 Å². The highest BCUT2D eigenvalue weighted by Gasteiger charge is 2.33. The van der Waals surface area contributed by atoms with E-state index < -0.39 is 27.9 Å². The molecule has 3 heterocycles. The van der Waals surface area contributed by atoms with Crippen LogP contribution in [-0.4, -0.2) is 44.3 Å². The number of rotatable bonds is 7. The molecule has 3 N–H and O–H groups in total. The average Bonchev–Trinajstić information content (AvgIpc) is 3.66. The van der Waals surface area contributed by atoms with Crippen molar-refractivity contribution in [3.05, 3.63) is 95.6 Å². The van der Waals surface area contributed by atoms with Gasteiger partial charge in [0.15, 0.2) is 0 Å². The molecule has 0 unspecified atom stereocenters. The molecule has 6 aromatic rings. The van der Waals surface area contributed by atoms with Crippen LogP contribution in [-0.2, 0) is 16.4 Å². The van der Waals surface area contributed by atoms with Crippen LogP contribution in [0.5, 0.6) is 5.75 Å². The zero-order valence-corrected chi connectivity index (χ0v) is 23.5. The summed E-state index contributed by atoms with van der Waals surface area (Å²) < 4.78 is 72.6. The number of benzene rings is 3. The highest BCUT2D eigenvalue weighted by Crippen LogP contribution is 2.33. The predicted octanol–water partition coefficient (Wildman–Crippen LogP) is 5.52. The second kappa shape index (κ2) is 10.0. The van der Waals surface area contributed by atoms with E-state index in [2.05, 4.69) is 19.8 Å². The molecule has 0 radical (unpaired) electrons. The van der Waals surface area contributed by atoms with E-state index in [0.29, 0.717) is 12.1 Å². The quantitative estimate of drug-likeness (QED) is 0.228. The standard InChI is InChI=1S/C29H23F3N6O4S/c1-3-26-35-22-10-6-18(14-23(22)36-26)37-28(33)21(15-34-37)27(39)25-13-17-12-19(42-29(30,31)32)7-11-24(17)38(25)43(40,41)20-8-4-16(2)5-9-20/h4-15H,3,33H2,1-2H3,(H,35,36). The number of H-pyrrole nitrogens is 1. The molecule has 0 aliphatic carbocycles. The topological polar surface area (TPSA) is 138 Å². The molecule has 0 amide bonds. The Bertz CT molecular complexity index is 2140. The summed E-state index contributed by atoms with van der Waals surface area (Å²) >= 11 is 0. The summed E-state index contributed by atoms with van der Waals surface area (Å²) in [5, 5.41) is 4.30. The molecule has 220 valence electrons. The number of carbonyl (C=O) groups is 1. The zero-order valence-electron chi connectivity index (χ0n) is 22.7. The van der Waals surface area contributed by atoms with E-state index in [9.17, 15) is 26.4 Å². The number of aromatic amines is 1. The Morgan fingerprint density at radius 1 is 1.05 bits per heavy atom. The number of anilines is 1. The highest BCUT2D eigenvalue weighted by atomic mass is 32.2. The molecule has 0 spiro atoms. The van der Waals surface area contributed by atoms with Crippen LogP contribution < -0.4 is 10.5 Å². The molecular formula is C29H23F3N6O4S. The monoisotopic (exact) mass is 608 g/mol. The van der Waals surface area contributed by atoms with Gasteiger partial charge in [-0.1, -0.05) is 24.6 Å². The highest BCUT2D eigenvalue weighted by molar-refractivity contribution is 7.90. The third kappa shape index (κ3) is 4.99. The van der Waals surface area contributed by atoms with Crippen LogP contribution in [0.2, 0.25) is 0 Å². The van der Waals surface area contributed by atoms with Crippen LogP contribution in [0, 0.1) is 6.92 Å². The summed E-state index contributed by atoms with van der Waals surface area (Å²) in [6.07, 6.45) is -3.05. The number of ketones is 1. The zero-order chi connectivity index (χ0) is 30.7. The number of halogens is 3. The van der Waals surface area contributed by atoms with Crippen LogP contribution in [0.15, 0.2) is 77.8 Å². The molecule has 6 rings (SSSR count). The second-order valence-corrected chi connectivity index (χ2v) is 11.6. The fourth-order valence-corrected chi connectivity index (χ4v) is 6.34. The molecule has 43 heavy (non-hydrogen) atoms. The number of carbonyl (C=O) groups excluding carboxylic acids is 1. The van der Waals surface area contributed by atoms with Crippen LogP contribution in [0.4, 0.5) is 19.0 Å². The van der Waals surface area contributed by atoms with Crippen molar-refractivity contribution in [2.75, 3.05) is 5.73 Å². The van der Waals surface area contributed by atoms with Crippen molar-refractivity contribution >= 4 is 43.6 Å². The number of hydrogen-bond donors (Lipinski definition) is 2. The Hall–Kier alpha value is -5.11. The third-order valence-corrected chi connectivity index (χ3v) is 8.64. The van der Waals surface area contributed by atoms with E-state index in [-0.39, 0.29) is 32.9 Å². The minimum atomic E-state index is -4.97. The van der Waals surface area contributed by atoms with Crippen molar-refractivity contribution in [2.45, 2.75) is 31.5 Å². The number of aromatic nitrogens is 5. The van der Waals surface area contributed by atoms with Crippen molar-refractivity contribution in [2.24, 2.45) is 0 Å². The van der Waals surface area contributed by atoms with E-state index in [1.807, 2.05) is 6.92 Å². The number of nitrogens with two attached hydrogens (primary N) is 1. The molecule has 0 aliphatic heterocycles. The fourth-order valence-electron chi connectivity index (χ4n) is 4.82. The lowest BCUT2D eigenvalue weighted by atomic mass is 10.1. The molecule has 0 saturated carbocycles. The SMILES string of the molecule is CCc1nc2ccc(-n3ncc(C(=O)c4cc5cc(OC(F)(F)F)ccc5n4S(=O)(=O)c4ccc(C)cc4)c3N)cc2[nH]1. The first kappa shape index (κ1) is 28.0. The van der Waals surface area contributed by atoms with E-state index in [1.165, 1.54) is 29.1 Å². The average molecular weight is 609 g/mol. The lowest BCUT2D eigenvalue weighted by Gasteiger charge is -2.12. The maximum Gasteiger partial charge on any atom is 0.573 e. The Labute approximate surface area is 242 Å². The molecular weight excluding hydrogens is 585 g/mol. The molecule has 0 atom stereocenters. The number of alkyl halides is 3. The summed E-state index contributed by atoms with van der Waals surface area (Å²) in [5.74, 6) is -0.644. The first-order chi connectivity index (χ1) is 20.4. The van der Waals surface area contributed by atoms with Gasteiger partial charge in [0.2, 0.25) is 5.78 Å². The van der Waals surface area contributed by atoms with Crippen molar-refractivity contribution in [3.8, 4) is 11.4 Å². The summed E-state index contributed by atoms with van der Waals surface area (Å²) in [5.41, 5.74) is 8.70. The van der Waals surface area contributed by atoms with E-state index in [4.69, 9.17) is 5.73 Å². The maximum absolute atomic E-state index is 14.0. The number of fused-ring (bicyclic) bond motifs is 2. The first-order valence-corrected chi connectivity index (χ1v) is 14.4. The van der Waals surface area contributed by atoms with Crippen molar-refractivity contribution < 1.29 is 31.1 Å². The van der Waals surface area contributed by atoms with Crippen molar-refractivity contribution in [1.82, 2.24) is 23.7 Å². The van der Waals surface area contributed by atoms with Gasteiger partial charge in [-0.15, -0.1) is 13.2 Å². The number of ether oxygens (including phenoxy) is 1. The van der Waals surface area contributed by atoms with Gasteiger partial charge in [-0.3, -0.25) is 4.79 Å². The van der Waals surface area contributed by atoms with Crippen LogP contribution in [0.1, 0.15) is 34.4 Å². The molecule has 10 nitrogen and oxygen atoms in total. The Morgan fingerprint density at radius 2 is 1.79 bits per heavy atom. The minimum absolute atomic E-state index is 0.0270. The van der Waals surface area contributed by atoms with Gasteiger partial charge in [-0.25, -0.2) is 22.1 Å². The lowest BCUT2D eigenvalue weighted by molar-refractivity contribution is -0.274. The molecule has 0 aliphatic rings. The largest absolute Gasteiger partial charge is 0.573 e. The summed E-state index contributed by atoms with van der Waals surface area (Å²) in [4.78, 5) is 21.5. The number of nitrogens with zero attached hydrogens (tertiary/aromatic N) is 4. The Morgan fingerprint density at radius 3 is 2.49 bits per heavy atom. The normalized spacial score (nSPS) is 12.3. The second-order valence-electron chi connectivity index (χ2n) is 9.80. The smallest absolute Gasteiger partial charge is 0.406 e. The maximum atomic E-state index is 14.0. The van der Waals surface area contributed by atoms with Crippen molar-refractivity contribution in [3.63, 3.8) is 0 Å². The molecule has 0 bridgehead atoms. The number of aryl methyl sites for hydroxylation is 2. The van der Waals surface area contributed by atoms with Crippen LogP contribution >= 0.6 is 0 Å². The number of nitrogen functional groups attached to an aromatic ring is 1. The van der Waals surface area contributed by atoms with Crippen molar-refractivity contribution in [1.29, 1.82) is 0 Å². The third-order valence-electron chi connectivity index (χ3n) is 6.90. The fraction of sp³-hybridized carbons (Fsp3) is 0.138. The number of imidazole rings is 1. The van der Waals surface area contributed by atoms with Gasteiger partial charge in [0.05, 0.1) is 38.9 Å². The van der Waals surface area contributed by atoms with E-state index in [1.54, 1.807) is 37.3 Å². The number of hydrogen-bond acceptors (Lipinski definition) is 7. The lowest BCUT2D eigenvalue weighted by Crippen LogP contribution is -2.19. The summed E-state index contributed by atoms with van der Waals surface area (Å²) in [6, 6.07) is 15.5. The van der Waals surface area contributed by atoms with Gasteiger partial charge >= 0.3 is 6.36 Å². The first-order valence-electron chi connectivity index (χ1n) is 13.0.